The van der Waals surface area contributed by atoms with Crippen LogP contribution in [0.4, 0.5) is 0 Å². The zero-order valence-electron chi connectivity index (χ0n) is 20.4. The van der Waals surface area contributed by atoms with E-state index in [0.29, 0.717) is 11.2 Å². The summed E-state index contributed by atoms with van der Waals surface area (Å²) in [6.45, 7) is 4.34. The zero-order chi connectivity index (χ0) is 24.2. The van der Waals surface area contributed by atoms with Gasteiger partial charge in [-0.15, -0.1) is 10.2 Å². The smallest absolute Gasteiger partial charge is 0.238 e. The number of likely N-dealkylation sites (tertiary alicyclic amines) is 1. The summed E-state index contributed by atoms with van der Waals surface area (Å²) in [6.07, 6.45) is 5.80. The number of rotatable bonds is 9. The predicted molar refractivity (Wildman–Crippen MR) is 138 cm³/mol. The number of ether oxygens (including phenoxy) is 1. The lowest BCUT2D eigenvalue weighted by Crippen LogP contribution is -2.33. The zero-order valence-corrected chi connectivity index (χ0v) is 21.2. The van der Waals surface area contributed by atoms with Crippen molar-refractivity contribution in [2.75, 3.05) is 20.2 Å². The molecule has 3 aromatic rings. The first-order valence-corrected chi connectivity index (χ1v) is 13.4. The lowest BCUT2D eigenvalue weighted by atomic mass is 10.1. The minimum absolute atomic E-state index is 0.0265. The van der Waals surface area contributed by atoms with Crippen molar-refractivity contribution in [3.63, 3.8) is 0 Å². The number of aromatic nitrogens is 3. The van der Waals surface area contributed by atoms with E-state index in [-0.39, 0.29) is 11.9 Å². The van der Waals surface area contributed by atoms with Crippen molar-refractivity contribution < 1.29 is 9.53 Å². The van der Waals surface area contributed by atoms with Gasteiger partial charge in [0.15, 0.2) is 11.0 Å². The molecule has 1 aliphatic heterocycles. The number of methoxy groups -OCH3 is 1. The monoisotopic (exact) mass is 491 g/mol. The van der Waals surface area contributed by atoms with Crippen LogP contribution in [0.3, 0.4) is 0 Å². The highest BCUT2D eigenvalue weighted by atomic mass is 32.2. The van der Waals surface area contributed by atoms with Crippen molar-refractivity contribution in [3.8, 4) is 11.4 Å². The third kappa shape index (κ3) is 5.54. The van der Waals surface area contributed by atoms with Crippen molar-refractivity contribution in [1.29, 1.82) is 0 Å². The molecule has 7 nitrogen and oxygen atoms in total. The third-order valence-electron chi connectivity index (χ3n) is 6.79. The van der Waals surface area contributed by atoms with E-state index in [2.05, 4.69) is 31.9 Å². The fraction of sp³-hybridized carbons (Fsp3) is 0.444. The molecule has 0 bridgehead atoms. The number of nitrogens with zero attached hydrogens (tertiary/aromatic N) is 4. The maximum atomic E-state index is 13.3. The number of piperidine rings is 1. The number of carbonyl (C=O) groups excluding carboxylic acids is 1. The van der Waals surface area contributed by atoms with E-state index in [4.69, 9.17) is 4.74 Å². The minimum atomic E-state index is -0.406. The van der Waals surface area contributed by atoms with Gasteiger partial charge in [-0.05, 0) is 75.5 Å². The lowest BCUT2D eigenvalue weighted by Gasteiger charge is -2.32. The topological polar surface area (TPSA) is 72.3 Å². The second-order valence-electron chi connectivity index (χ2n) is 9.34. The van der Waals surface area contributed by atoms with E-state index in [9.17, 15) is 4.79 Å². The first kappa shape index (κ1) is 23.9. The van der Waals surface area contributed by atoms with Crippen LogP contribution < -0.4 is 10.1 Å². The summed E-state index contributed by atoms with van der Waals surface area (Å²) >= 11 is 1.46. The molecule has 1 saturated carbocycles. The SMILES string of the molecule is COc1ccc(-n2c(SC(C(=O)NC3CC3)c3ccccc3)nnc2C(C)N2CCCCC2)cc1. The van der Waals surface area contributed by atoms with Gasteiger partial charge >= 0.3 is 0 Å². The fourth-order valence-electron chi connectivity index (χ4n) is 4.58. The average Bonchev–Trinajstić information content (AvgIpc) is 3.63. The highest BCUT2D eigenvalue weighted by Crippen LogP contribution is 2.38. The standard InChI is InChI=1S/C27H33N5O2S/c1-19(31-17-7-4-8-18-31)25-29-30-27(32(25)22-13-15-23(34-2)16-14-22)35-24(20-9-5-3-6-10-20)26(33)28-21-11-12-21/h3,5-6,9-10,13-16,19,21,24H,4,7-8,11-12,17-18H2,1-2H3,(H,28,33). The number of hydrogen-bond acceptors (Lipinski definition) is 6. The number of hydrogen-bond donors (Lipinski definition) is 1. The van der Waals surface area contributed by atoms with Crippen LogP contribution in [0, 0.1) is 0 Å². The molecule has 2 aromatic carbocycles. The summed E-state index contributed by atoms with van der Waals surface area (Å²) < 4.78 is 7.49. The van der Waals surface area contributed by atoms with E-state index >= 15 is 0 Å². The van der Waals surface area contributed by atoms with Gasteiger partial charge in [-0.25, -0.2) is 0 Å². The average molecular weight is 492 g/mol. The van der Waals surface area contributed by atoms with Gasteiger partial charge in [0.05, 0.1) is 13.2 Å². The Morgan fingerprint density at radius 3 is 2.40 bits per heavy atom. The Hall–Kier alpha value is -2.84. The second kappa shape index (κ2) is 10.8. The van der Waals surface area contributed by atoms with Crippen molar-refractivity contribution in [2.45, 2.75) is 61.5 Å². The predicted octanol–water partition coefficient (Wildman–Crippen LogP) is 4.93. The quantitative estimate of drug-likeness (QED) is 0.428. The van der Waals surface area contributed by atoms with Gasteiger partial charge in [0.2, 0.25) is 5.91 Å². The summed E-state index contributed by atoms with van der Waals surface area (Å²) in [5.74, 6) is 1.72. The Morgan fingerprint density at radius 1 is 1.03 bits per heavy atom. The summed E-state index contributed by atoms with van der Waals surface area (Å²) in [4.78, 5) is 15.8. The Morgan fingerprint density at radius 2 is 1.74 bits per heavy atom. The summed E-state index contributed by atoms with van der Waals surface area (Å²) in [5, 5.41) is 12.8. The van der Waals surface area contributed by atoms with Crippen LogP contribution in [-0.4, -0.2) is 51.8 Å². The molecule has 0 spiro atoms. The Balaban J connectivity index is 1.52. The minimum Gasteiger partial charge on any atom is -0.497 e. The van der Waals surface area contributed by atoms with Crippen LogP contribution in [0.1, 0.15) is 61.7 Å². The molecule has 1 saturated heterocycles. The molecular weight excluding hydrogens is 458 g/mol. The van der Waals surface area contributed by atoms with Crippen molar-refractivity contribution in [2.24, 2.45) is 0 Å². The van der Waals surface area contributed by atoms with Crippen LogP contribution in [-0.2, 0) is 4.79 Å². The molecule has 184 valence electrons. The Labute approximate surface area is 211 Å². The van der Waals surface area contributed by atoms with Gasteiger partial charge in [-0.3, -0.25) is 14.3 Å². The van der Waals surface area contributed by atoms with Gasteiger partial charge in [-0.2, -0.15) is 0 Å². The number of amides is 1. The van der Waals surface area contributed by atoms with Gasteiger partial charge < -0.3 is 10.1 Å². The first-order valence-electron chi connectivity index (χ1n) is 12.5. The third-order valence-corrected chi connectivity index (χ3v) is 7.99. The Kier molecular flexibility index (Phi) is 7.39. The highest BCUT2D eigenvalue weighted by molar-refractivity contribution is 8.00. The molecule has 35 heavy (non-hydrogen) atoms. The maximum absolute atomic E-state index is 13.3. The van der Waals surface area contributed by atoms with E-state index in [1.54, 1.807) is 7.11 Å². The van der Waals surface area contributed by atoms with Crippen molar-refractivity contribution in [3.05, 3.63) is 66.0 Å². The largest absolute Gasteiger partial charge is 0.497 e. The summed E-state index contributed by atoms with van der Waals surface area (Å²) in [7, 11) is 1.67. The number of nitrogens with one attached hydrogen (secondary N) is 1. The van der Waals surface area contributed by atoms with E-state index < -0.39 is 5.25 Å². The molecule has 2 unspecified atom stereocenters. The van der Waals surface area contributed by atoms with E-state index in [1.165, 1.54) is 31.0 Å². The molecule has 0 radical (unpaired) electrons. The molecule has 2 heterocycles. The van der Waals surface area contributed by atoms with Crippen molar-refractivity contribution in [1.82, 2.24) is 25.0 Å². The van der Waals surface area contributed by atoms with Gasteiger partial charge in [-0.1, -0.05) is 48.5 Å². The van der Waals surface area contributed by atoms with Crippen molar-refractivity contribution >= 4 is 17.7 Å². The number of benzene rings is 2. The van der Waals surface area contributed by atoms with Gasteiger partial charge in [0.1, 0.15) is 11.0 Å². The highest BCUT2D eigenvalue weighted by Gasteiger charge is 2.32. The fourth-order valence-corrected chi connectivity index (χ4v) is 5.65. The van der Waals surface area contributed by atoms with E-state index in [0.717, 1.165) is 48.8 Å². The normalized spacial score (nSPS) is 18.1. The summed E-state index contributed by atoms with van der Waals surface area (Å²) in [5.41, 5.74) is 1.93. The van der Waals surface area contributed by atoms with Crippen LogP contribution in [0.5, 0.6) is 5.75 Å². The molecule has 1 aromatic heterocycles. The number of thioether (sulfide) groups is 1. The molecule has 1 amide bonds. The molecule has 2 atom stereocenters. The van der Waals surface area contributed by atoms with Crippen LogP contribution in [0.2, 0.25) is 0 Å². The molecular formula is C27H33N5O2S. The molecule has 1 N–H and O–H groups in total. The van der Waals surface area contributed by atoms with Gasteiger partial charge in [0.25, 0.3) is 0 Å². The Bertz CT molecular complexity index is 1120. The van der Waals surface area contributed by atoms with Crippen LogP contribution >= 0.6 is 11.8 Å². The first-order chi connectivity index (χ1) is 17.1. The number of carbonyl (C=O) groups is 1. The molecule has 1 aliphatic carbocycles. The van der Waals surface area contributed by atoms with Crippen LogP contribution in [0.25, 0.3) is 5.69 Å². The maximum Gasteiger partial charge on any atom is 0.238 e. The van der Waals surface area contributed by atoms with Gasteiger partial charge in [0, 0.05) is 11.7 Å². The molecule has 2 fully saturated rings. The molecule has 5 rings (SSSR count). The van der Waals surface area contributed by atoms with Crippen LogP contribution in [0.15, 0.2) is 59.8 Å². The second-order valence-corrected chi connectivity index (χ2v) is 10.4. The van der Waals surface area contributed by atoms with E-state index in [1.807, 2.05) is 54.6 Å². The molecule has 2 aliphatic rings. The summed E-state index contributed by atoms with van der Waals surface area (Å²) in [6, 6.07) is 18.3. The lowest BCUT2D eigenvalue weighted by molar-refractivity contribution is -0.120. The molecule has 8 heteroatoms.